The lowest BCUT2D eigenvalue weighted by molar-refractivity contribution is 0.147. The molecule has 1 saturated heterocycles. The summed E-state index contributed by atoms with van der Waals surface area (Å²) in [6, 6.07) is 6.41. The molecule has 3 aromatic rings. The molecule has 31 heavy (non-hydrogen) atoms. The Hall–Kier alpha value is -2.54. The molecule has 0 radical (unpaired) electrons. The van der Waals surface area contributed by atoms with E-state index in [-0.39, 0.29) is 11.6 Å². The molecule has 1 aliphatic heterocycles. The summed E-state index contributed by atoms with van der Waals surface area (Å²) in [5, 5.41) is 14.0. The summed E-state index contributed by atoms with van der Waals surface area (Å²) in [5.74, 6) is 1.53. The second-order valence-electron chi connectivity index (χ2n) is 9.62. The monoisotopic (exact) mass is 420 g/mol. The molecule has 7 nitrogen and oxygen atoms in total. The van der Waals surface area contributed by atoms with Crippen molar-refractivity contribution in [2.75, 3.05) is 13.1 Å². The highest BCUT2D eigenvalue weighted by atomic mass is 16.1. The van der Waals surface area contributed by atoms with Crippen LogP contribution in [-0.4, -0.2) is 43.2 Å². The number of hydrogen-bond donors (Lipinski definition) is 1. The molecular formula is C24H32N6O. The molecule has 3 heterocycles. The molecule has 1 aromatic carbocycles. The van der Waals surface area contributed by atoms with Crippen molar-refractivity contribution < 1.29 is 0 Å². The Bertz CT molecular complexity index is 1130. The van der Waals surface area contributed by atoms with Crippen LogP contribution in [0.25, 0.3) is 10.9 Å². The number of rotatable bonds is 4. The fraction of sp³-hybridized carbons (Fsp3) is 0.583. The molecule has 2 aliphatic rings. The predicted molar refractivity (Wildman–Crippen MR) is 121 cm³/mol. The SMILES string of the molecule is Cc1cc2cc([C@@H](c3nnnn3C3CCCC3)N3CCC(C)CC3)c(=O)[nH]c2cc1C. The number of fused-ring (bicyclic) bond motifs is 1. The molecule has 164 valence electrons. The van der Waals surface area contributed by atoms with Crippen molar-refractivity contribution in [3.63, 3.8) is 0 Å². The molecule has 1 saturated carbocycles. The van der Waals surface area contributed by atoms with E-state index in [0.717, 1.165) is 61.1 Å². The summed E-state index contributed by atoms with van der Waals surface area (Å²) in [5.41, 5.74) is 4.00. The van der Waals surface area contributed by atoms with Gasteiger partial charge in [0.1, 0.15) is 6.04 Å². The average molecular weight is 421 g/mol. The number of benzene rings is 1. The van der Waals surface area contributed by atoms with Gasteiger partial charge in [0.25, 0.3) is 5.56 Å². The van der Waals surface area contributed by atoms with Crippen molar-refractivity contribution in [3.05, 3.63) is 51.1 Å². The number of hydrogen-bond acceptors (Lipinski definition) is 5. The van der Waals surface area contributed by atoms with E-state index >= 15 is 0 Å². The first-order valence-electron chi connectivity index (χ1n) is 11.7. The highest BCUT2D eigenvalue weighted by Gasteiger charge is 2.34. The lowest BCUT2D eigenvalue weighted by atomic mass is 9.95. The topological polar surface area (TPSA) is 79.7 Å². The molecule has 0 unspecified atom stereocenters. The Kier molecular flexibility index (Phi) is 5.38. The third-order valence-electron chi connectivity index (χ3n) is 7.40. The lowest BCUT2D eigenvalue weighted by Gasteiger charge is -2.36. The standard InChI is InChI=1S/C24H32N6O/c1-15-8-10-29(11-9-15)22(23-26-27-28-30(23)19-6-4-5-7-19)20-14-18-12-16(2)17(3)13-21(18)25-24(20)31/h12-15,19,22H,4-11H2,1-3H3,(H,25,31)/t22-/m0/s1. The fourth-order valence-electron chi connectivity index (χ4n) is 5.27. The van der Waals surface area contributed by atoms with Gasteiger partial charge in [0.15, 0.2) is 5.82 Å². The van der Waals surface area contributed by atoms with Crippen LogP contribution in [0.15, 0.2) is 23.0 Å². The molecule has 1 atom stereocenters. The van der Waals surface area contributed by atoms with E-state index in [1.54, 1.807) is 0 Å². The largest absolute Gasteiger partial charge is 0.322 e. The number of aryl methyl sites for hydroxylation is 2. The number of nitrogens with one attached hydrogen (secondary N) is 1. The second-order valence-corrected chi connectivity index (χ2v) is 9.62. The van der Waals surface area contributed by atoms with Crippen molar-refractivity contribution in [2.24, 2.45) is 5.92 Å². The Morgan fingerprint density at radius 3 is 2.48 bits per heavy atom. The van der Waals surface area contributed by atoms with E-state index in [1.165, 1.54) is 24.0 Å². The zero-order chi connectivity index (χ0) is 21.5. The van der Waals surface area contributed by atoms with Gasteiger partial charge in [-0.3, -0.25) is 9.69 Å². The number of nitrogens with zero attached hydrogens (tertiary/aromatic N) is 5. The minimum Gasteiger partial charge on any atom is -0.322 e. The van der Waals surface area contributed by atoms with Gasteiger partial charge in [0, 0.05) is 11.1 Å². The normalized spacial score (nSPS) is 20.0. The summed E-state index contributed by atoms with van der Waals surface area (Å²) in [6.45, 7) is 8.41. The van der Waals surface area contributed by atoms with E-state index in [2.05, 4.69) is 64.4 Å². The number of tetrazole rings is 1. The number of aromatic nitrogens is 5. The summed E-state index contributed by atoms with van der Waals surface area (Å²) in [6.07, 6.45) is 6.90. The van der Waals surface area contributed by atoms with Gasteiger partial charge < -0.3 is 4.98 Å². The van der Waals surface area contributed by atoms with Crippen molar-refractivity contribution in [2.45, 2.75) is 71.4 Å². The van der Waals surface area contributed by atoms with Gasteiger partial charge in [-0.1, -0.05) is 19.8 Å². The van der Waals surface area contributed by atoms with Gasteiger partial charge in [-0.05, 0) is 104 Å². The van der Waals surface area contributed by atoms with Crippen LogP contribution >= 0.6 is 0 Å². The van der Waals surface area contributed by atoms with E-state index in [9.17, 15) is 4.79 Å². The molecule has 5 rings (SSSR count). The first kappa shape index (κ1) is 20.4. The Labute approximate surface area is 182 Å². The Balaban J connectivity index is 1.65. The number of H-pyrrole nitrogens is 1. The number of likely N-dealkylation sites (tertiary alicyclic amines) is 1. The van der Waals surface area contributed by atoms with Gasteiger partial charge in [-0.15, -0.1) is 5.10 Å². The van der Waals surface area contributed by atoms with Gasteiger partial charge in [-0.2, -0.15) is 0 Å². The predicted octanol–water partition coefficient (Wildman–Crippen LogP) is 4.07. The van der Waals surface area contributed by atoms with Crippen LogP contribution < -0.4 is 5.56 Å². The van der Waals surface area contributed by atoms with Crippen LogP contribution in [0, 0.1) is 19.8 Å². The molecule has 0 amide bonds. The van der Waals surface area contributed by atoms with Gasteiger partial charge in [-0.25, -0.2) is 4.68 Å². The van der Waals surface area contributed by atoms with E-state index in [4.69, 9.17) is 0 Å². The number of pyridine rings is 1. The molecule has 1 aliphatic carbocycles. The van der Waals surface area contributed by atoms with Crippen molar-refractivity contribution in [3.8, 4) is 0 Å². The van der Waals surface area contributed by atoms with Crippen LogP contribution in [0.5, 0.6) is 0 Å². The Morgan fingerprint density at radius 1 is 1.03 bits per heavy atom. The number of piperidine rings is 1. The highest BCUT2D eigenvalue weighted by Crippen LogP contribution is 2.35. The van der Waals surface area contributed by atoms with Gasteiger partial charge >= 0.3 is 0 Å². The summed E-state index contributed by atoms with van der Waals surface area (Å²) in [7, 11) is 0. The third-order valence-corrected chi connectivity index (χ3v) is 7.40. The van der Waals surface area contributed by atoms with Crippen LogP contribution in [0.4, 0.5) is 0 Å². The third kappa shape index (κ3) is 3.80. The highest BCUT2D eigenvalue weighted by molar-refractivity contribution is 5.81. The maximum absolute atomic E-state index is 13.3. The van der Waals surface area contributed by atoms with Crippen molar-refractivity contribution in [1.29, 1.82) is 0 Å². The molecule has 1 N–H and O–H groups in total. The first-order chi connectivity index (χ1) is 15.0. The summed E-state index contributed by atoms with van der Waals surface area (Å²) in [4.78, 5) is 18.9. The van der Waals surface area contributed by atoms with Crippen LogP contribution in [0.2, 0.25) is 0 Å². The maximum atomic E-state index is 13.3. The molecule has 2 aromatic heterocycles. The van der Waals surface area contributed by atoms with E-state index in [1.807, 2.05) is 4.68 Å². The smallest absolute Gasteiger partial charge is 0.253 e. The molecular weight excluding hydrogens is 388 g/mol. The van der Waals surface area contributed by atoms with Crippen LogP contribution in [-0.2, 0) is 0 Å². The minimum absolute atomic E-state index is 0.0413. The van der Waals surface area contributed by atoms with Crippen molar-refractivity contribution in [1.82, 2.24) is 30.1 Å². The van der Waals surface area contributed by atoms with E-state index in [0.29, 0.717) is 12.0 Å². The zero-order valence-corrected chi connectivity index (χ0v) is 18.8. The van der Waals surface area contributed by atoms with E-state index < -0.39 is 0 Å². The maximum Gasteiger partial charge on any atom is 0.253 e. The van der Waals surface area contributed by atoms with Gasteiger partial charge in [0.05, 0.1) is 6.04 Å². The van der Waals surface area contributed by atoms with Crippen LogP contribution in [0.1, 0.15) is 80.0 Å². The summed E-state index contributed by atoms with van der Waals surface area (Å²) >= 11 is 0. The zero-order valence-electron chi connectivity index (χ0n) is 18.8. The van der Waals surface area contributed by atoms with Crippen molar-refractivity contribution >= 4 is 10.9 Å². The summed E-state index contributed by atoms with van der Waals surface area (Å²) < 4.78 is 2.01. The molecule has 0 spiro atoms. The molecule has 0 bridgehead atoms. The second kappa shape index (κ2) is 8.19. The lowest BCUT2D eigenvalue weighted by Crippen LogP contribution is -2.40. The molecule has 7 heteroatoms. The minimum atomic E-state index is -0.224. The van der Waals surface area contributed by atoms with Crippen LogP contribution in [0.3, 0.4) is 0 Å². The fourth-order valence-corrected chi connectivity index (χ4v) is 5.27. The molecule has 2 fully saturated rings. The Morgan fingerprint density at radius 2 is 1.74 bits per heavy atom. The number of aromatic amines is 1. The quantitative estimate of drug-likeness (QED) is 0.688. The van der Waals surface area contributed by atoms with Gasteiger partial charge in [0.2, 0.25) is 0 Å². The average Bonchev–Trinajstić information content (AvgIpc) is 3.43. The first-order valence-corrected chi connectivity index (χ1v) is 11.7.